The van der Waals surface area contributed by atoms with E-state index in [4.69, 9.17) is 28.7 Å². The molecule has 448 valence electrons. The third kappa shape index (κ3) is 28.7. The molecule has 1 aliphatic rings. The molecule has 0 spiro atoms. The number of phenols is 1. The fourth-order valence-electron chi connectivity index (χ4n) is 7.85. The maximum atomic E-state index is 14.1. The second-order valence-corrected chi connectivity index (χ2v) is 22.6. The molecule has 2 rings (SSSR count). The van der Waals surface area contributed by atoms with Crippen LogP contribution in [0, 0.1) is 11.8 Å². The molecule has 27 nitrogen and oxygen atoms in total. The number of nitrogens with zero attached hydrogens (tertiary/aromatic N) is 2. The lowest BCUT2D eigenvalue weighted by Gasteiger charge is -2.27. The molecule has 0 aliphatic carbocycles. The molecule has 80 heavy (non-hydrogen) atoms. The smallest absolute Gasteiger partial charge is 0.244 e. The average molecular weight is 1160 g/mol. The highest BCUT2D eigenvalue weighted by Gasteiger charge is 2.34. The number of phenolic OH excluding ortho intramolecular Hbond substituents is 1. The predicted octanol–water partition coefficient (Wildman–Crippen LogP) is -2.00. The van der Waals surface area contributed by atoms with Gasteiger partial charge in [0.2, 0.25) is 59.1 Å². The molecule has 29 heteroatoms. The van der Waals surface area contributed by atoms with E-state index in [1.54, 1.807) is 26.0 Å². The number of hydrogen-bond acceptors (Lipinski definition) is 15. The van der Waals surface area contributed by atoms with Crippen molar-refractivity contribution in [2.75, 3.05) is 37.7 Å². The van der Waals surface area contributed by atoms with Crippen LogP contribution in [0.15, 0.2) is 34.3 Å². The van der Waals surface area contributed by atoms with Gasteiger partial charge in [0.15, 0.2) is 11.9 Å². The van der Waals surface area contributed by atoms with E-state index in [-0.39, 0.29) is 106 Å². The summed E-state index contributed by atoms with van der Waals surface area (Å²) in [6.07, 6.45) is 2.93. The van der Waals surface area contributed by atoms with Gasteiger partial charge in [-0.15, -0.1) is 0 Å². The number of carbonyl (C=O) groups is 10. The van der Waals surface area contributed by atoms with Gasteiger partial charge >= 0.3 is 0 Å². The van der Waals surface area contributed by atoms with E-state index in [2.05, 4.69) is 57.8 Å². The Balaban J connectivity index is 2.57. The summed E-state index contributed by atoms with van der Waals surface area (Å²) in [4.78, 5) is 144. The minimum atomic E-state index is -1.29. The molecule has 0 radical (unpaired) electrons. The lowest BCUT2D eigenvalue weighted by molar-refractivity contribution is -0.135. The lowest BCUT2D eigenvalue weighted by Crippen LogP contribution is -2.59. The minimum absolute atomic E-state index is 0.0130. The summed E-state index contributed by atoms with van der Waals surface area (Å²) >= 11 is 0. The number of carbonyl (C=O) groups excluding carboxylic acids is 10. The number of aliphatic imine (C=N–C) groups is 2. The molecule has 1 aliphatic heterocycles. The van der Waals surface area contributed by atoms with Crippen LogP contribution in [0.2, 0.25) is 0 Å². The molecule has 0 saturated carbocycles. The number of guanidine groups is 2. The number of amides is 10. The summed E-state index contributed by atoms with van der Waals surface area (Å²) in [6, 6.07) is -2.40. The van der Waals surface area contributed by atoms with Gasteiger partial charge in [0.05, 0.1) is 6.54 Å². The van der Waals surface area contributed by atoms with Crippen LogP contribution in [0.25, 0.3) is 0 Å². The molecule has 0 aromatic heterocycles. The molecule has 7 atom stereocenters. The number of nitrogens with one attached hydrogen (secondary N) is 9. The van der Waals surface area contributed by atoms with E-state index in [0.29, 0.717) is 37.7 Å². The number of benzene rings is 1. The molecule has 1 aromatic rings. The highest BCUT2D eigenvalue weighted by Crippen LogP contribution is 2.24. The number of aromatic hydroxyl groups is 1. The Kier molecular flexibility index (Phi) is 32.6. The van der Waals surface area contributed by atoms with Crippen molar-refractivity contribution in [1.29, 1.82) is 0 Å². The van der Waals surface area contributed by atoms with Gasteiger partial charge in [0.1, 0.15) is 48.0 Å². The van der Waals surface area contributed by atoms with Gasteiger partial charge in [-0.3, -0.25) is 57.9 Å². The monoisotopic (exact) mass is 1160 g/mol. The van der Waals surface area contributed by atoms with Gasteiger partial charge < -0.3 is 81.6 Å². The van der Waals surface area contributed by atoms with Crippen molar-refractivity contribution in [1.82, 2.24) is 47.9 Å². The molecule has 1 saturated heterocycles. The Morgan fingerprint density at radius 3 is 1.86 bits per heavy atom. The molecule has 1 aromatic carbocycles. The van der Waals surface area contributed by atoms with Gasteiger partial charge in [-0.1, -0.05) is 81.2 Å². The number of unbranched alkanes of at least 4 members (excludes halogenated alkanes) is 2. The second-order valence-electron chi connectivity index (χ2n) is 20.1. The van der Waals surface area contributed by atoms with Gasteiger partial charge in [-0.25, -0.2) is 0 Å². The Morgan fingerprint density at radius 2 is 1.24 bits per heavy atom. The Morgan fingerprint density at radius 1 is 0.650 bits per heavy atom. The lowest BCUT2D eigenvalue weighted by atomic mass is 10.00. The summed E-state index contributed by atoms with van der Waals surface area (Å²) < 4.78 is 0. The maximum Gasteiger partial charge on any atom is 0.244 e. The number of primary amides is 1. The molecule has 7 unspecified atom stereocenters. The van der Waals surface area contributed by atoms with E-state index >= 15 is 0 Å². The van der Waals surface area contributed by atoms with E-state index in [9.17, 15) is 53.1 Å². The predicted molar refractivity (Wildman–Crippen MR) is 308 cm³/mol. The standard InChI is InChI=1S/C51H86N16O11S2/c1-6-7-13-34-46(75)65-35(24-29(2)3)45(74)60-26-41(71)61-33(14-12-23-59-51(55)56)47(76)67-42(30(4)5)49(78)66-36(25-31-17-19-32(68)20-18-31)44(73)57-21-10-8-15-39(69)62-37(43(52)72)27-79-80-28-38(48(77)64-34)63-40(70)16-9-11-22-58-50(53)54/h17-20,29-30,33-38,42,68H,6-16,21-28H2,1-5H3,(H2,52,72)(H,57,73)(H,60,74)(H,61,71)(H,62,69)(H,63,70)(H,64,77)(H,65,75)(H,66,78)(H,67,76)(H4,53,54,58)(H4,55,56,59). The van der Waals surface area contributed by atoms with Crippen LogP contribution >= 0.6 is 21.6 Å². The van der Waals surface area contributed by atoms with E-state index in [0.717, 1.165) is 21.6 Å². The second kappa shape index (κ2) is 37.8. The molecule has 20 N–H and O–H groups in total. The van der Waals surface area contributed by atoms with E-state index in [1.165, 1.54) is 12.1 Å². The SMILES string of the molecule is CCCCC1NC(=O)C(NC(=O)CCCCN=C(N)N)CSSCC(C(N)=O)NC(=O)CCCCNC(=O)C(Cc2ccc(O)cc2)NC(=O)C(C(C)C)NC(=O)C(CCCN=C(N)N)NC(=O)CNC(=O)C(CC(C)C)NC1=O. The first-order valence-corrected chi connectivity index (χ1v) is 29.5. The Hall–Kier alpha value is -7.04. The van der Waals surface area contributed by atoms with Crippen molar-refractivity contribution in [3.8, 4) is 5.75 Å². The van der Waals surface area contributed by atoms with E-state index in [1.807, 2.05) is 20.8 Å². The first kappa shape index (κ1) is 69.1. The first-order valence-electron chi connectivity index (χ1n) is 27.0. The molecule has 10 amide bonds. The summed E-state index contributed by atoms with van der Waals surface area (Å²) in [6.45, 7) is 8.66. The maximum absolute atomic E-state index is 14.1. The summed E-state index contributed by atoms with van der Waals surface area (Å²) in [5, 5.41) is 34.1. The molecule has 1 heterocycles. The summed E-state index contributed by atoms with van der Waals surface area (Å²) in [5.74, 6) is -7.93. The topological polar surface area (TPSA) is 454 Å². The Labute approximate surface area is 475 Å². The van der Waals surface area contributed by atoms with Crippen molar-refractivity contribution < 1.29 is 53.1 Å². The quantitative estimate of drug-likeness (QED) is 0.0308. The zero-order chi connectivity index (χ0) is 59.7. The minimum Gasteiger partial charge on any atom is -0.508 e. The number of rotatable bonds is 19. The molecule has 1 fully saturated rings. The highest BCUT2D eigenvalue weighted by molar-refractivity contribution is 8.76. The zero-order valence-electron chi connectivity index (χ0n) is 46.6. The van der Waals surface area contributed by atoms with Crippen molar-refractivity contribution >= 4 is 92.6 Å². The van der Waals surface area contributed by atoms with Crippen LogP contribution in [-0.4, -0.2) is 156 Å². The molecular weight excluding hydrogens is 1080 g/mol. The van der Waals surface area contributed by atoms with Crippen molar-refractivity contribution in [3.05, 3.63) is 29.8 Å². The van der Waals surface area contributed by atoms with Gasteiger partial charge in [-0.05, 0) is 80.9 Å². The van der Waals surface area contributed by atoms with Crippen LogP contribution in [0.4, 0.5) is 0 Å². The highest BCUT2D eigenvalue weighted by atomic mass is 33.1. The zero-order valence-corrected chi connectivity index (χ0v) is 48.2. The van der Waals surface area contributed by atoms with E-state index < -0.39 is 114 Å². The largest absolute Gasteiger partial charge is 0.508 e. The normalized spacial score (nSPS) is 22.5. The number of hydrogen-bond donors (Lipinski definition) is 15. The summed E-state index contributed by atoms with van der Waals surface area (Å²) in [5.41, 5.74) is 28.1. The Bertz CT molecular complexity index is 2270. The fourth-order valence-corrected chi connectivity index (χ4v) is 10.2. The average Bonchev–Trinajstić information content (AvgIpc) is 3.38. The third-order valence-corrected chi connectivity index (χ3v) is 14.6. The summed E-state index contributed by atoms with van der Waals surface area (Å²) in [7, 11) is 2.22. The van der Waals surface area contributed by atoms with Crippen molar-refractivity contribution in [2.24, 2.45) is 50.5 Å². The van der Waals surface area contributed by atoms with Crippen LogP contribution in [0.1, 0.15) is 117 Å². The van der Waals surface area contributed by atoms with Gasteiger partial charge in [0.25, 0.3) is 0 Å². The van der Waals surface area contributed by atoms with Crippen molar-refractivity contribution in [2.45, 2.75) is 160 Å². The third-order valence-electron chi connectivity index (χ3n) is 12.2. The molecule has 0 bridgehead atoms. The number of nitrogens with two attached hydrogens (primary N) is 5. The first-order chi connectivity index (χ1) is 37.9. The fraction of sp³-hybridized carbons (Fsp3) is 0.647. The van der Waals surface area contributed by atoms with Gasteiger partial charge in [0, 0.05) is 50.4 Å². The van der Waals surface area contributed by atoms with Crippen LogP contribution in [0.3, 0.4) is 0 Å². The van der Waals surface area contributed by atoms with Gasteiger partial charge in [-0.2, -0.15) is 0 Å². The van der Waals surface area contributed by atoms with Crippen LogP contribution in [-0.2, 0) is 54.4 Å². The van der Waals surface area contributed by atoms with Crippen LogP contribution in [0.5, 0.6) is 5.75 Å². The van der Waals surface area contributed by atoms with Crippen molar-refractivity contribution in [3.63, 3.8) is 0 Å². The molecular formula is C51H86N16O11S2. The van der Waals surface area contributed by atoms with Crippen LogP contribution < -0.4 is 76.5 Å².